The first-order chi connectivity index (χ1) is 10.2. The fourth-order valence-corrected chi connectivity index (χ4v) is 2.13. The SMILES string of the molecule is Cc1cc(CNc2cccnc2-n2cccn2)ccc1F. The van der Waals surface area contributed by atoms with Crippen LogP contribution in [0.3, 0.4) is 0 Å². The van der Waals surface area contributed by atoms with Gasteiger partial charge in [-0.1, -0.05) is 12.1 Å². The number of rotatable bonds is 4. The van der Waals surface area contributed by atoms with Crippen molar-refractivity contribution in [3.8, 4) is 5.82 Å². The Morgan fingerprint density at radius 3 is 2.86 bits per heavy atom. The molecule has 1 N–H and O–H groups in total. The molecule has 3 aromatic rings. The van der Waals surface area contributed by atoms with Crippen LogP contribution in [0.5, 0.6) is 0 Å². The number of aryl methyl sites for hydroxylation is 1. The van der Waals surface area contributed by atoms with Crippen molar-refractivity contribution in [2.75, 3.05) is 5.32 Å². The monoisotopic (exact) mass is 282 g/mol. The maximum Gasteiger partial charge on any atom is 0.176 e. The van der Waals surface area contributed by atoms with Gasteiger partial charge in [0, 0.05) is 25.1 Å². The fraction of sp³-hybridized carbons (Fsp3) is 0.125. The fourth-order valence-electron chi connectivity index (χ4n) is 2.13. The Balaban J connectivity index is 1.81. The minimum Gasteiger partial charge on any atom is -0.378 e. The highest BCUT2D eigenvalue weighted by Gasteiger charge is 2.06. The summed E-state index contributed by atoms with van der Waals surface area (Å²) in [5.74, 6) is 0.554. The number of hydrogen-bond donors (Lipinski definition) is 1. The predicted octanol–water partition coefficient (Wildman–Crippen LogP) is 3.33. The van der Waals surface area contributed by atoms with Crippen LogP contribution in [-0.4, -0.2) is 14.8 Å². The van der Waals surface area contributed by atoms with Gasteiger partial charge in [-0.3, -0.25) is 0 Å². The topological polar surface area (TPSA) is 42.7 Å². The molecule has 0 fully saturated rings. The van der Waals surface area contributed by atoms with E-state index in [4.69, 9.17) is 0 Å². The van der Waals surface area contributed by atoms with E-state index in [1.54, 1.807) is 30.1 Å². The van der Waals surface area contributed by atoms with E-state index in [1.807, 2.05) is 30.5 Å². The largest absolute Gasteiger partial charge is 0.378 e. The number of benzene rings is 1. The molecule has 0 spiro atoms. The van der Waals surface area contributed by atoms with Crippen LogP contribution in [0.25, 0.3) is 5.82 Å². The Kier molecular flexibility index (Phi) is 3.64. The molecule has 0 saturated carbocycles. The third kappa shape index (κ3) is 2.91. The summed E-state index contributed by atoms with van der Waals surface area (Å²) in [5, 5.41) is 7.51. The van der Waals surface area contributed by atoms with Gasteiger partial charge in [-0.2, -0.15) is 5.10 Å². The van der Waals surface area contributed by atoms with Gasteiger partial charge in [0.05, 0.1) is 5.69 Å². The molecule has 1 aromatic carbocycles. The smallest absolute Gasteiger partial charge is 0.176 e. The summed E-state index contributed by atoms with van der Waals surface area (Å²) in [6, 6.07) is 10.8. The molecule has 0 amide bonds. The molecule has 0 bridgehead atoms. The molecule has 0 aliphatic carbocycles. The Morgan fingerprint density at radius 1 is 1.19 bits per heavy atom. The van der Waals surface area contributed by atoms with Gasteiger partial charge in [-0.05, 0) is 42.3 Å². The summed E-state index contributed by atoms with van der Waals surface area (Å²) in [6.07, 6.45) is 5.28. The molecule has 0 atom stereocenters. The summed E-state index contributed by atoms with van der Waals surface area (Å²) in [6.45, 7) is 2.36. The van der Waals surface area contributed by atoms with E-state index >= 15 is 0 Å². The van der Waals surface area contributed by atoms with Crippen molar-refractivity contribution in [2.24, 2.45) is 0 Å². The van der Waals surface area contributed by atoms with Gasteiger partial charge in [-0.25, -0.2) is 14.1 Å². The van der Waals surface area contributed by atoms with Gasteiger partial charge in [0.2, 0.25) is 0 Å². The average molecular weight is 282 g/mol. The first-order valence-corrected chi connectivity index (χ1v) is 6.68. The summed E-state index contributed by atoms with van der Waals surface area (Å²) >= 11 is 0. The lowest BCUT2D eigenvalue weighted by atomic mass is 10.1. The summed E-state index contributed by atoms with van der Waals surface area (Å²) < 4.78 is 15.0. The Morgan fingerprint density at radius 2 is 2.10 bits per heavy atom. The van der Waals surface area contributed by atoms with Crippen molar-refractivity contribution in [3.63, 3.8) is 0 Å². The van der Waals surface area contributed by atoms with E-state index in [1.165, 1.54) is 6.07 Å². The number of aromatic nitrogens is 3. The van der Waals surface area contributed by atoms with Gasteiger partial charge in [0.1, 0.15) is 5.82 Å². The Labute approximate surface area is 122 Å². The van der Waals surface area contributed by atoms with Crippen molar-refractivity contribution in [3.05, 3.63) is 71.9 Å². The average Bonchev–Trinajstić information content (AvgIpc) is 3.03. The first-order valence-electron chi connectivity index (χ1n) is 6.68. The quantitative estimate of drug-likeness (QED) is 0.798. The zero-order valence-corrected chi connectivity index (χ0v) is 11.6. The second-order valence-electron chi connectivity index (χ2n) is 4.76. The lowest BCUT2D eigenvalue weighted by Gasteiger charge is -2.11. The van der Waals surface area contributed by atoms with E-state index in [0.29, 0.717) is 12.1 Å². The second kappa shape index (κ2) is 5.75. The summed E-state index contributed by atoms with van der Waals surface area (Å²) in [4.78, 5) is 4.34. The predicted molar refractivity (Wildman–Crippen MR) is 79.8 cm³/mol. The van der Waals surface area contributed by atoms with Crippen LogP contribution in [0.4, 0.5) is 10.1 Å². The minimum absolute atomic E-state index is 0.183. The molecule has 0 radical (unpaired) electrons. The number of nitrogens with zero attached hydrogens (tertiary/aromatic N) is 3. The molecule has 5 heteroatoms. The van der Waals surface area contributed by atoms with Crippen molar-refractivity contribution in [1.29, 1.82) is 0 Å². The molecule has 106 valence electrons. The van der Waals surface area contributed by atoms with E-state index < -0.39 is 0 Å². The molecule has 0 aliphatic rings. The lowest BCUT2D eigenvalue weighted by molar-refractivity contribution is 0.617. The molecular formula is C16H15FN4. The van der Waals surface area contributed by atoms with Crippen LogP contribution in [-0.2, 0) is 6.54 Å². The molecule has 2 heterocycles. The van der Waals surface area contributed by atoms with Crippen molar-refractivity contribution in [1.82, 2.24) is 14.8 Å². The van der Waals surface area contributed by atoms with Gasteiger partial charge in [0.25, 0.3) is 0 Å². The molecule has 0 aliphatic heterocycles. The molecule has 0 unspecified atom stereocenters. The molecule has 4 nitrogen and oxygen atoms in total. The molecule has 2 aromatic heterocycles. The van der Waals surface area contributed by atoms with Crippen LogP contribution in [0.15, 0.2) is 55.0 Å². The highest BCUT2D eigenvalue weighted by atomic mass is 19.1. The highest BCUT2D eigenvalue weighted by molar-refractivity contribution is 5.56. The number of nitrogens with one attached hydrogen (secondary N) is 1. The Bertz CT molecular complexity index is 738. The molecule has 3 rings (SSSR count). The number of anilines is 1. The van der Waals surface area contributed by atoms with Gasteiger partial charge in [-0.15, -0.1) is 0 Å². The third-order valence-corrected chi connectivity index (χ3v) is 3.21. The van der Waals surface area contributed by atoms with Crippen LogP contribution in [0.1, 0.15) is 11.1 Å². The highest BCUT2D eigenvalue weighted by Crippen LogP contribution is 2.18. The van der Waals surface area contributed by atoms with E-state index in [2.05, 4.69) is 15.4 Å². The normalized spacial score (nSPS) is 10.6. The first kappa shape index (κ1) is 13.3. The van der Waals surface area contributed by atoms with Gasteiger partial charge < -0.3 is 5.32 Å². The van der Waals surface area contributed by atoms with Crippen molar-refractivity contribution < 1.29 is 4.39 Å². The van der Waals surface area contributed by atoms with Gasteiger partial charge in [0.15, 0.2) is 5.82 Å². The second-order valence-corrected chi connectivity index (χ2v) is 4.76. The molecule has 0 saturated heterocycles. The summed E-state index contributed by atoms with van der Waals surface area (Å²) in [7, 11) is 0. The minimum atomic E-state index is -0.183. The maximum absolute atomic E-state index is 13.3. The lowest BCUT2D eigenvalue weighted by Crippen LogP contribution is -2.06. The third-order valence-electron chi connectivity index (χ3n) is 3.21. The van der Waals surface area contributed by atoms with Crippen molar-refractivity contribution in [2.45, 2.75) is 13.5 Å². The van der Waals surface area contributed by atoms with Crippen molar-refractivity contribution >= 4 is 5.69 Å². The molecule has 21 heavy (non-hydrogen) atoms. The zero-order chi connectivity index (χ0) is 14.7. The van der Waals surface area contributed by atoms with Crippen LogP contribution < -0.4 is 5.32 Å². The maximum atomic E-state index is 13.3. The van der Waals surface area contributed by atoms with Gasteiger partial charge >= 0.3 is 0 Å². The zero-order valence-electron chi connectivity index (χ0n) is 11.6. The van der Waals surface area contributed by atoms with Crippen LogP contribution in [0.2, 0.25) is 0 Å². The number of hydrogen-bond acceptors (Lipinski definition) is 3. The van der Waals surface area contributed by atoms with E-state index in [9.17, 15) is 4.39 Å². The molecular weight excluding hydrogens is 267 g/mol. The van der Waals surface area contributed by atoms with E-state index in [-0.39, 0.29) is 5.82 Å². The standard InChI is InChI=1S/C16H15FN4/c1-12-10-13(5-6-14(12)17)11-19-15-4-2-7-18-16(15)21-9-3-8-20-21/h2-10,19H,11H2,1H3. The van der Waals surface area contributed by atoms with E-state index in [0.717, 1.165) is 17.1 Å². The van der Waals surface area contributed by atoms with Crippen LogP contribution in [0, 0.1) is 12.7 Å². The van der Waals surface area contributed by atoms with Crippen LogP contribution >= 0.6 is 0 Å². The summed E-state index contributed by atoms with van der Waals surface area (Å²) in [5.41, 5.74) is 2.54. The number of halogens is 1. The number of pyridine rings is 1. The Hall–Kier alpha value is -2.69.